The molecule has 0 aromatic heterocycles. The predicted molar refractivity (Wildman–Crippen MR) is 79.1 cm³/mol. The van der Waals surface area contributed by atoms with Gasteiger partial charge in [-0.3, -0.25) is 0 Å². The summed E-state index contributed by atoms with van der Waals surface area (Å²) in [4.78, 5) is 0. The van der Waals surface area contributed by atoms with Crippen molar-refractivity contribution < 1.29 is 0 Å². The molecule has 0 radical (unpaired) electrons. The third-order valence-electron chi connectivity index (χ3n) is 3.11. The van der Waals surface area contributed by atoms with Crippen molar-refractivity contribution in [1.29, 1.82) is 0 Å². The molecule has 94 valence electrons. The first kappa shape index (κ1) is 12.7. The first-order chi connectivity index (χ1) is 8.67. The monoisotopic (exact) mass is 239 g/mol. The molecule has 0 unspecified atom stereocenters. The fraction of sp³-hybridized carbons (Fsp3) is 0.294. The van der Waals surface area contributed by atoms with Crippen LogP contribution >= 0.6 is 0 Å². The second-order valence-corrected chi connectivity index (χ2v) is 4.90. The quantitative estimate of drug-likeness (QED) is 0.829. The Morgan fingerprint density at radius 1 is 0.889 bits per heavy atom. The number of anilines is 1. The van der Waals surface area contributed by atoms with Gasteiger partial charge in [0.1, 0.15) is 0 Å². The molecule has 0 aliphatic carbocycles. The van der Waals surface area contributed by atoms with Crippen molar-refractivity contribution in [3.63, 3.8) is 0 Å². The molecule has 0 bridgehead atoms. The molecule has 0 amide bonds. The van der Waals surface area contributed by atoms with E-state index in [9.17, 15) is 0 Å². The molecule has 0 saturated carbocycles. The minimum Gasteiger partial charge on any atom is -0.381 e. The number of benzene rings is 2. The molecule has 0 atom stereocenters. The topological polar surface area (TPSA) is 12.0 Å². The van der Waals surface area contributed by atoms with E-state index in [4.69, 9.17) is 0 Å². The average molecular weight is 239 g/mol. The Hall–Kier alpha value is -1.76. The van der Waals surface area contributed by atoms with Crippen LogP contribution in [-0.2, 0) is 13.0 Å². The summed E-state index contributed by atoms with van der Waals surface area (Å²) < 4.78 is 0. The molecule has 0 fully saturated rings. The third-order valence-corrected chi connectivity index (χ3v) is 3.11. The first-order valence-electron chi connectivity index (χ1n) is 6.57. The summed E-state index contributed by atoms with van der Waals surface area (Å²) in [6, 6.07) is 15.3. The van der Waals surface area contributed by atoms with Gasteiger partial charge in [-0.1, -0.05) is 48.4 Å². The third kappa shape index (κ3) is 3.36. The molecule has 1 nitrogen and oxygen atoms in total. The van der Waals surface area contributed by atoms with E-state index < -0.39 is 0 Å². The lowest BCUT2D eigenvalue weighted by molar-refractivity contribution is 1.11. The highest BCUT2D eigenvalue weighted by atomic mass is 14.9. The zero-order valence-corrected chi connectivity index (χ0v) is 11.5. The second-order valence-electron chi connectivity index (χ2n) is 4.90. The first-order valence-corrected chi connectivity index (χ1v) is 6.57. The molecular formula is C17H21N. The van der Waals surface area contributed by atoms with Crippen molar-refractivity contribution in [3.8, 4) is 0 Å². The van der Waals surface area contributed by atoms with Crippen molar-refractivity contribution >= 4 is 5.69 Å². The molecule has 0 heterocycles. The number of rotatable bonds is 4. The van der Waals surface area contributed by atoms with E-state index in [-0.39, 0.29) is 0 Å². The largest absolute Gasteiger partial charge is 0.381 e. The molecule has 0 saturated heterocycles. The molecule has 2 rings (SSSR count). The highest BCUT2D eigenvalue weighted by Gasteiger charge is 1.97. The number of aryl methyl sites for hydroxylation is 3. The van der Waals surface area contributed by atoms with Crippen LogP contribution in [0.25, 0.3) is 0 Å². The van der Waals surface area contributed by atoms with E-state index in [1.807, 2.05) is 0 Å². The van der Waals surface area contributed by atoms with Gasteiger partial charge in [0.2, 0.25) is 0 Å². The summed E-state index contributed by atoms with van der Waals surface area (Å²) in [6.07, 6.45) is 1.08. The lowest BCUT2D eigenvalue weighted by Gasteiger charge is -2.09. The molecule has 1 N–H and O–H groups in total. The van der Waals surface area contributed by atoms with Crippen molar-refractivity contribution in [2.75, 3.05) is 5.32 Å². The smallest absolute Gasteiger partial charge is 0.0400 e. The molecule has 2 aromatic rings. The standard InChI is InChI=1S/C17H21N/c1-4-15-6-5-7-17(11-15)18-12-16-9-13(2)8-14(3)10-16/h5-11,18H,4,12H2,1-3H3. The number of hydrogen-bond donors (Lipinski definition) is 1. The molecular weight excluding hydrogens is 218 g/mol. The van der Waals surface area contributed by atoms with Crippen LogP contribution in [0.2, 0.25) is 0 Å². The van der Waals surface area contributed by atoms with E-state index in [1.54, 1.807) is 0 Å². The summed E-state index contributed by atoms with van der Waals surface area (Å²) in [7, 11) is 0. The van der Waals surface area contributed by atoms with E-state index in [0.717, 1.165) is 13.0 Å². The molecule has 0 aliphatic heterocycles. The zero-order chi connectivity index (χ0) is 13.0. The van der Waals surface area contributed by atoms with Crippen molar-refractivity contribution in [2.24, 2.45) is 0 Å². The van der Waals surface area contributed by atoms with Crippen molar-refractivity contribution in [1.82, 2.24) is 0 Å². The highest BCUT2D eigenvalue weighted by molar-refractivity contribution is 5.46. The van der Waals surface area contributed by atoms with Gasteiger partial charge in [-0.2, -0.15) is 0 Å². The minimum atomic E-state index is 0.885. The molecule has 1 heteroatoms. The van der Waals surface area contributed by atoms with Crippen LogP contribution in [0.4, 0.5) is 5.69 Å². The summed E-state index contributed by atoms with van der Waals surface area (Å²) in [5.74, 6) is 0. The predicted octanol–water partition coefficient (Wildman–Crippen LogP) is 4.48. The van der Waals surface area contributed by atoms with Crippen LogP contribution in [0, 0.1) is 13.8 Å². The fourth-order valence-electron chi connectivity index (χ4n) is 2.28. The van der Waals surface area contributed by atoms with E-state index >= 15 is 0 Å². The van der Waals surface area contributed by atoms with Gasteiger partial charge in [0, 0.05) is 12.2 Å². The normalized spacial score (nSPS) is 10.4. The van der Waals surface area contributed by atoms with Crippen LogP contribution in [0.5, 0.6) is 0 Å². The average Bonchev–Trinajstić information content (AvgIpc) is 2.35. The van der Waals surface area contributed by atoms with Gasteiger partial charge in [-0.15, -0.1) is 0 Å². The van der Waals surface area contributed by atoms with Crippen LogP contribution < -0.4 is 5.32 Å². The van der Waals surface area contributed by atoms with Gasteiger partial charge in [-0.05, 0) is 43.5 Å². The molecule has 2 aromatic carbocycles. The Kier molecular flexibility index (Phi) is 4.03. The molecule has 18 heavy (non-hydrogen) atoms. The summed E-state index contributed by atoms with van der Waals surface area (Å²) in [5, 5.41) is 3.49. The van der Waals surface area contributed by atoms with Crippen molar-refractivity contribution in [2.45, 2.75) is 33.7 Å². The van der Waals surface area contributed by atoms with E-state index in [0.29, 0.717) is 0 Å². The Bertz CT molecular complexity index is 509. The maximum Gasteiger partial charge on any atom is 0.0400 e. The van der Waals surface area contributed by atoms with Gasteiger partial charge in [-0.25, -0.2) is 0 Å². The summed E-state index contributed by atoms with van der Waals surface area (Å²) >= 11 is 0. The molecule has 0 aliphatic rings. The van der Waals surface area contributed by atoms with Gasteiger partial charge in [0.15, 0.2) is 0 Å². The Morgan fingerprint density at radius 3 is 2.28 bits per heavy atom. The van der Waals surface area contributed by atoms with Crippen LogP contribution in [0.3, 0.4) is 0 Å². The SMILES string of the molecule is CCc1cccc(NCc2cc(C)cc(C)c2)c1. The second kappa shape index (κ2) is 5.72. The van der Waals surface area contributed by atoms with Crippen LogP contribution in [-0.4, -0.2) is 0 Å². The maximum absolute atomic E-state index is 3.49. The lowest BCUT2D eigenvalue weighted by Crippen LogP contribution is -2.00. The van der Waals surface area contributed by atoms with Gasteiger partial charge >= 0.3 is 0 Å². The van der Waals surface area contributed by atoms with Crippen molar-refractivity contribution in [3.05, 3.63) is 64.7 Å². The van der Waals surface area contributed by atoms with Gasteiger partial charge < -0.3 is 5.32 Å². The van der Waals surface area contributed by atoms with E-state index in [1.165, 1.54) is 27.9 Å². The fourth-order valence-corrected chi connectivity index (χ4v) is 2.28. The van der Waals surface area contributed by atoms with Gasteiger partial charge in [0.25, 0.3) is 0 Å². The summed E-state index contributed by atoms with van der Waals surface area (Å²) in [6.45, 7) is 7.36. The summed E-state index contributed by atoms with van der Waals surface area (Å²) in [5.41, 5.74) is 6.58. The number of hydrogen-bond acceptors (Lipinski definition) is 1. The minimum absolute atomic E-state index is 0.885. The lowest BCUT2D eigenvalue weighted by atomic mass is 10.1. The van der Waals surface area contributed by atoms with E-state index in [2.05, 4.69) is 68.6 Å². The highest BCUT2D eigenvalue weighted by Crippen LogP contribution is 2.14. The molecule has 0 spiro atoms. The van der Waals surface area contributed by atoms with Gasteiger partial charge in [0.05, 0.1) is 0 Å². The Morgan fingerprint density at radius 2 is 1.61 bits per heavy atom. The Labute approximate surface area is 110 Å². The maximum atomic E-state index is 3.49. The van der Waals surface area contributed by atoms with Crippen LogP contribution in [0.1, 0.15) is 29.2 Å². The number of nitrogens with one attached hydrogen (secondary N) is 1. The van der Waals surface area contributed by atoms with Crippen LogP contribution in [0.15, 0.2) is 42.5 Å². The Balaban J connectivity index is 2.06. The zero-order valence-electron chi connectivity index (χ0n) is 11.5.